The second-order valence-corrected chi connectivity index (χ2v) is 7.35. The molecule has 0 spiro atoms. The van der Waals surface area contributed by atoms with Gasteiger partial charge in [0.2, 0.25) is 5.91 Å². The van der Waals surface area contributed by atoms with Crippen LogP contribution >= 0.6 is 15.9 Å². The first kappa shape index (κ1) is 18.9. The molecule has 29 heavy (non-hydrogen) atoms. The van der Waals surface area contributed by atoms with E-state index in [-0.39, 0.29) is 24.8 Å². The third kappa shape index (κ3) is 3.66. The van der Waals surface area contributed by atoms with E-state index in [0.29, 0.717) is 28.3 Å². The van der Waals surface area contributed by atoms with Crippen LogP contribution in [-0.2, 0) is 4.79 Å². The number of fused-ring (bicyclic) bond motifs is 1. The van der Waals surface area contributed by atoms with Crippen molar-refractivity contribution >= 4 is 39.3 Å². The molecule has 0 unspecified atom stereocenters. The van der Waals surface area contributed by atoms with Gasteiger partial charge < -0.3 is 5.32 Å². The number of anilines is 1. The molecule has 2 heterocycles. The Morgan fingerprint density at radius 3 is 2.66 bits per heavy atom. The lowest BCUT2D eigenvalue weighted by atomic mass is 10.1. The first-order chi connectivity index (χ1) is 13.9. The van der Waals surface area contributed by atoms with Gasteiger partial charge in [0.15, 0.2) is 5.82 Å². The summed E-state index contributed by atoms with van der Waals surface area (Å²) in [6.07, 6.45) is -0.0131. The molecule has 10 heteroatoms. The third-order valence-corrected chi connectivity index (χ3v) is 4.99. The number of hydrogen-bond donors (Lipinski definition) is 1. The van der Waals surface area contributed by atoms with Crippen molar-refractivity contribution in [2.45, 2.75) is 13.3 Å². The average molecular weight is 455 g/mol. The molecule has 1 aromatic heterocycles. The zero-order valence-electron chi connectivity index (χ0n) is 15.3. The van der Waals surface area contributed by atoms with Gasteiger partial charge in [0, 0.05) is 23.1 Å². The predicted octanol–water partition coefficient (Wildman–Crippen LogP) is 2.36. The highest BCUT2D eigenvalue weighted by atomic mass is 79.9. The fraction of sp³-hybridized carbons (Fsp3) is 0.158. The van der Waals surface area contributed by atoms with Gasteiger partial charge in [-0.3, -0.25) is 19.3 Å². The van der Waals surface area contributed by atoms with Gasteiger partial charge in [-0.2, -0.15) is 4.68 Å². The van der Waals surface area contributed by atoms with Gasteiger partial charge in [0.05, 0.1) is 16.8 Å². The van der Waals surface area contributed by atoms with Crippen LogP contribution in [0.3, 0.4) is 0 Å². The van der Waals surface area contributed by atoms with Crippen molar-refractivity contribution in [1.82, 2.24) is 25.1 Å². The fourth-order valence-electron chi connectivity index (χ4n) is 3.09. The van der Waals surface area contributed by atoms with Crippen LogP contribution in [-0.4, -0.2) is 49.4 Å². The van der Waals surface area contributed by atoms with Gasteiger partial charge in [-0.25, -0.2) is 0 Å². The van der Waals surface area contributed by atoms with Gasteiger partial charge in [0.25, 0.3) is 11.8 Å². The highest BCUT2D eigenvalue weighted by Gasteiger charge is 2.35. The number of tetrazole rings is 1. The Bertz CT molecular complexity index is 1140. The third-order valence-electron chi connectivity index (χ3n) is 4.50. The lowest BCUT2D eigenvalue weighted by molar-refractivity contribution is -0.116. The standard InChI is InChI=1S/C19H15BrN6O3/c1-11-22-23-24-26(11)14-4-2-3-13(10-14)21-17(27)7-8-25-18(28)15-6-5-12(20)9-16(15)19(25)29/h2-6,9-10H,7-8H2,1H3,(H,21,27). The number of nitrogens with one attached hydrogen (secondary N) is 1. The predicted molar refractivity (Wildman–Crippen MR) is 107 cm³/mol. The number of rotatable bonds is 5. The Morgan fingerprint density at radius 2 is 1.90 bits per heavy atom. The number of carbonyl (C=O) groups is 3. The van der Waals surface area contributed by atoms with Crippen LogP contribution in [0.2, 0.25) is 0 Å². The second-order valence-electron chi connectivity index (χ2n) is 6.44. The summed E-state index contributed by atoms with van der Waals surface area (Å²) in [7, 11) is 0. The SMILES string of the molecule is Cc1nnnn1-c1cccc(NC(=O)CCN2C(=O)c3ccc(Br)cc3C2=O)c1. The zero-order chi connectivity index (χ0) is 20.5. The Kier molecular flexibility index (Phi) is 4.93. The molecule has 0 saturated carbocycles. The van der Waals surface area contributed by atoms with E-state index in [4.69, 9.17) is 0 Å². The number of hydrogen-bond acceptors (Lipinski definition) is 6. The number of imide groups is 1. The molecule has 2 aromatic carbocycles. The number of aromatic nitrogens is 4. The zero-order valence-corrected chi connectivity index (χ0v) is 16.9. The largest absolute Gasteiger partial charge is 0.326 e. The molecule has 4 rings (SSSR count). The molecular formula is C19H15BrN6O3. The van der Waals surface area contributed by atoms with Gasteiger partial charge in [-0.15, -0.1) is 5.10 Å². The maximum Gasteiger partial charge on any atom is 0.261 e. The summed E-state index contributed by atoms with van der Waals surface area (Å²) in [5.74, 6) is -0.476. The van der Waals surface area contributed by atoms with Crippen molar-refractivity contribution in [3.63, 3.8) is 0 Å². The second kappa shape index (κ2) is 7.55. The summed E-state index contributed by atoms with van der Waals surface area (Å²) < 4.78 is 2.27. The summed E-state index contributed by atoms with van der Waals surface area (Å²) >= 11 is 3.30. The van der Waals surface area contributed by atoms with Crippen LogP contribution in [0.1, 0.15) is 33.0 Å². The summed E-state index contributed by atoms with van der Waals surface area (Å²) in [6, 6.07) is 12.0. The number of halogens is 1. The molecule has 3 amide bonds. The van der Waals surface area contributed by atoms with Crippen LogP contribution < -0.4 is 5.32 Å². The molecule has 146 valence electrons. The number of carbonyl (C=O) groups excluding carboxylic acids is 3. The van der Waals surface area contributed by atoms with Gasteiger partial charge in [-0.05, 0) is 53.7 Å². The van der Waals surface area contributed by atoms with Gasteiger partial charge in [-0.1, -0.05) is 22.0 Å². The number of amides is 3. The minimum absolute atomic E-state index is 0.00158. The maximum absolute atomic E-state index is 12.5. The average Bonchev–Trinajstić information content (AvgIpc) is 3.22. The maximum atomic E-state index is 12.5. The fourth-order valence-corrected chi connectivity index (χ4v) is 3.45. The molecule has 1 N–H and O–H groups in total. The highest BCUT2D eigenvalue weighted by Crippen LogP contribution is 2.26. The summed E-state index contributed by atoms with van der Waals surface area (Å²) in [6.45, 7) is 1.77. The highest BCUT2D eigenvalue weighted by molar-refractivity contribution is 9.10. The Labute approximate surface area is 173 Å². The minimum Gasteiger partial charge on any atom is -0.326 e. The van der Waals surface area contributed by atoms with Crippen molar-refractivity contribution in [1.29, 1.82) is 0 Å². The molecule has 0 saturated heterocycles. The smallest absolute Gasteiger partial charge is 0.261 e. The van der Waals surface area contributed by atoms with Crippen molar-refractivity contribution in [3.05, 3.63) is 63.9 Å². The van der Waals surface area contributed by atoms with Crippen molar-refractivity contribution in [2.75, 3.05) is 11.9 Å². The summed E-state index contributed by atoms with van der Waals surface area (Å²) in [5, 5.41) is 14.1. The van der Waals surface area contributed by atoms with Crippen molar-refractivity contribution in [3.8, 4) is 5.69 Å². The first-order valence-electron chi connectivity index (χ1n) is 8.75. The van der Waals surface area contributed by atoms with E-state index in [0.717, 1.165) is 9.37 Å². The lowest BCUT2D eigenvalue weighted by Gasteiger charge is -2.13. The molecule has 0 atom stereocenters. The van der Waals surface area contributed by atoms with Gasteiger partial charge in [0.1, 0.15) is 0 Å². The molecule has 1 aliphatic rings. The molecule has 0 bridgehead atoms. The normalized spacial score (nSPS) is 13.0. The summed E-state index contributed by atoms with van der Waals surface area (Å²) in [4.78, 5) is 38.4. The first-order valence-corrected chi connectivity index (χ1v) is 9.54. The van der Waals surface area contributed by atoms with E-state index in [1.54, 1.807) is 48.0 Å². The Hall–Kier alpha value is -3.40. The van der Waals surface area contributed by atoms with Crippen LogP contribution in [0.4, 0.5) is 5.69 Å². The summed E-state index contributed by atoms with van der Waals surface area (Å²) in [5.41, 5.74) is 1.96. The molecule has 0 radical (unpaired) electrons. The monoisotopic (exact) mass is 454 g/mol. The van der Waals surface area contributed by atoms with Crippen molar-refractivity contribution < 1.29 is 14.4 Å². The number of benzene rings is 2. The van der Waals surface area contributed by atoms with E-state index in [1.807, 2.05) is 6.07 Å². The van der Waals surface area contributed by atoms with Gasteiger partial charge >= 0.3 is 0 Å². The van der Waals surface area contributed by atoms with Crippen LogP contribution in [0, 0.1) is 6.92 Å². The van der Waals surface area contributed by atoms with E-state index in [2.05, 4.69) is 36.8 Å². The minimum atomic E-state index is -0.393. The topological polar surface area (TPSA) is 110 Å². The van der Waals surface area contributed by atoms with E-state index in [9.17, 15) is 14.4 Å². The van der Waals surface area contributed by atoms with Crippen LogP contribution in [0.15, 0.2) is 46.9 Å². The molecular weight excluding hydrogens is 440 g/mol. The van der Waals surface area contributed by atoms with E-state index < -0.39 is 5.91 Å². The number of nitrogens with zero attached hydrogens (tertiary/aromatic N) is 5. The Balaban J connectivity index is 1.41. The van der Waals surface area contributed by atoms with Crippen LogP contribution in [0.5, 0.6) is 0 Å². The number of aryl methyl sites for hydroxylation is 1. The van der Waals surface area contributed by atoms with Crippen LogP contribution in [0.25, 0.3) is 5.69 Å². The molecule has 1 aliphatic heterocycles. The van der Waals surface area contributed by atoms with Crippen molar-refractivity contribution in [2.24, 2.45) is 0 Å². The molecule has 3 aromatic rings. The quantitative estimate of drug-likeness (QED) is 0.592. The van der Waals surface area contributed by atoms with E-state index >= 15 is 0 Å². The molecule has 9 nitrogen and oxygen atoms in total. The lowest BCUT2D eigenvalue weighted by Crippen LogP contribution is -2.32. The molecule has 0 fully saturated rings. The molecule has 0 aliphatic carbocycles. The van der Waals surface area contributed by atoms with E-state index in [1.165, 1.54) is 0 Å². The Morgan fingerprint density at radius 1 is 1.10 bits per heavy atom.